The van der Waals surface area contributed by atoms with E-state index in [4.69, 9.17) is 9.47 Å². The molecule has 2 rings (SSSR count). The van der Waals surface area contributed by atoms with Crippen LogP contribution in [-0.4, -0.2) is 18.7 Å². The fourth-order valence-corrected chi connectivity index (χ4v) is 2.78. The van der Waals surface area contributed by atoms with Gasteiger partial charge in [0.1, 0.15) is 6.61 Å². The number of carbonyl (C=O) groups is 1. The van der Waals surface area contributed by atoms with Crippen LogP contribution in [0.2, 0.25) is 0 Å². The molecular formula is C19H28O3. The Morgan fingerprint density at radius 3 is 2.45 bits per heavy atom. The maximum atomic E-state index is 12.1. The molecule has 3 heteroatoms. The number of hydrogen-bond acceptors (Lipinski definition) is 3. The van der Waals surface area contributed by atoms with Crippen molar-refractivity contribution in [1.82, 2.24) is 0 Å². The van der Waals surface area contributed by atoms with E-state index >= 15 is 0 Å². The molecule has 1 aliphatic carbocycles. The third kappa shape index (κ3) is 5.80. The van der Waals surface area contributed by atoms with Crippen LogP contribution in [0.5, 0.6) is 0 Å². The highest BCUT2D eigenvalue weighted by Gasteiger charge is 2.27. The van der Waals surface area contributed by atoms with Crippen LogP contribution in [0.3, 0.4) is 0 Å². The Labute approximate surface area is 134 Å². The number of ether oxygens (including phenoxy) is 2. The van der Waals surface area contributed by atoms with Crippen molar-refractivity contribution in [3.63, 3.8) is 0 Å². The Kier molecular flexibility index (Phi) is 6.91. The van der Waals surface area contributed by atoms with Gasteiger partial charge in [0, 0.05) is 6.61 Å². The minimum Gasteiger partial charge on any atom is -0.461 e. The van der Waals surface area contributed by atoms with E-state index in [1.807, 2.05) is 30.3 Å². The molecule has 1 fully saturated rings. The van der Waals surface area contributed by atoms with E-state index in [9.17, 15) is 4.79 Å². The van der Waals surface area contributed by atoms with Crippen molar-refractivity contribution in [2.75, 3.05) is 6.61 Å². The molecule has 0 unspecified atom stereocenters. The van der Waals surface area contributed by atoms with E-state index in [0.717, 1.165) is 44.3 Å². The fraction of sp³-hybridized carbons (Fsp3) is 0.632. The van der Waals surface area contributed by atoms with Crippen molar-refractivity contribution in [2.24, 2.45) is 11.8 Å². The Morgan fingerprint density at radius 2 is 1.82 bits per heavy atom. The van der Waals surface area contributed by atoms with Crippen molar-refractivity contribution < 1.29 is 14.3 Å². The number of rotatable bonds is 7. The number of esters is 1. The van der Waals surface area contributed by atoms with Gasteiger partial charge in [0.2, 0.25) is 0 Å². The molecule has 122 valence electrons. The van der Waals surface area contributed by atoms with Crippen LogP contribution >= 0.6 is 0 Å². The van der Waals surface area contributed by atoms with Crippen LogP contribution in [0.1, 0.15) is 51.5 Å². The summed E-state index contributed by atoms with van der Waals surface area (Å²) in [6.07, 6.45) is 5.17. The first kappa shape index (κ1) is 17.0. The molecule has 1 saturated carbocycles. The van der Waals surface area contributed by atoms with Crippen LogP contribution in [0.15, 0.2) is 30.3 Å². The summed E-state index contributed by atoms with van der Waals surface area (Å²) in [5.41, 5.74) is 1.04. The summed E-state index contributed by atoms with van der Waals surface area (Å²) in [6, 6.07) is 9.84. The average molecular weight is 304 g/mol. The van der Waals surface area contributed by atoms with E-state index in [1.54, 1.807) is 0 Å². The van der Waals surface area contributed by atoms with Crippen LogP contribution < -0.4 is 0 Å². The predicted octanol–water partition coefficient (Wildman–Crippen LogP) is 4.35. The minimum absolute atomic E-state index is 0.0497. The molecule has 0 bridgehead atoms. The summed E-state index contributed by atoms with van der Waals surface area (Å²) in [5.74, 6) is 0.683. The third-order valence-corrected chi connectivity index (χ3v) is 4.28. The highest BCUT2D eigenvalue weighted by molar-refractivity contribution is 5.72. The molecule has 1 aromatic rings. The molecule has 0 radical (unpaired) electrons. The van der Waals surface area contributed by atoms with Gasteiger partial charge in [0.15, 0.2) is 0 Å². The van der Waals surface area contributed by atoms with E-state index in [0.29, 0.717) is 18.6 Å². The standard InChI is InChI=1S/C19H28O3/c1-15(2)12-13-21-18-10-8-17(9-11-18)19(20)22-14-16-6-4-3-5-7-16/h3-7,15,17-18H,8-14H2,1-2H3. The SMILES string of the molecule is CC(C)CCOC1CCC(C(=O)OCc2ccccc2)CC1. The summed E-state index contributed by atoms with van der Waals surface area (Å²) >= 11 is 0. The monoisotopic (exact) mass is 304 g/mol. The number of benzene rings is 1. The largest absolute Gasteiger partial charge is 0.461 e. The van der Waals surface area contributed by atoms with Gasteiger partial charge in [-0.05, 0) is 43.6 Å². The van der Waals surface area contributed by atoms with Crippen LogP contribution in [0.25, 0.3) is 0 Å². The molecule has 0 spiro atoms. The predicted molar refractivity (Wildman–Crippen MR) is 87.4 cm³/mol. The van der Waals surface area contributed by atoms with Gasteiger partial charge in [-0.2, -0.15) is 0 Å². The number of hydrogen-bond donors (Lipinski definition) is 0. The van der Waals surface area contributed by atoms with Gasteiger partial charge in [-0.15, -0.1) is 0 Å². The minimum atomic E-state index is -0.0514. The van der Waals surface area contributed by atoms with Crippen LogP contribution in [0, 0.1) is 11.8 Å². The average Bonchev–Trinajstić information content (AvgIpc) is 2.54. The normalized spacial score (nSPS) is 21.8. The lowest BCUT2D eigenvalue weighted by atomic mass is 9.87. The Morgan fingerprint density at radius 1 is 1.14 bits per heavy atom. The van der Waals surface area contributed by atoms with E-state index in [1.165, 1.54) is 0 Å². The second kappa shape index (κ2) is 8.94. The molecule has 0 saturated heterocycles. The molecule has 0 atom stereocenters. The lowest BCUT2D eigenvalue weighted by Crippen LogP contribution is -2.27. The molecule has 0 heterocycles. The van der Waals surface area contributed by atoms with E-state index in [2.05, 4.69) is 13.8 Å². The quantitative estimate of drug-likeness (QED) is 0.702. The second-order valence-corrected chi connectivity index (χ2v) is 6.62. The zero-order valence-corrected chi connectivity index (χ0v) is 13.8. The lowest BCUT2D eigenvalue weighted by Gasteiger charge is -2.27. The third-order valence-electron chi connectivity index (χ3n) is 4.28. The smallest absolute Gasteiger partial charge is 0.309 e. The Bertz CT molecular complexity index is 433. The van der Waals surface area contributed by atoms with Crippen LogP contribution in [0.4, 0.5) is 0 Å². The maximum absolute atomic E-state index is 12.1. The second-order valence-electron chi connectivity index (χ2n) is 6.62. The molecular weight excluding hydrogens is 276 g/mol. The fourth-order valence-electron chi connectivity index (χ4n) is 2.78. The van der Waals surface area contributed by atoms with Gasteiger partial charge >= 0.3 is 5.97 Å². The number of carbonyl (C=O) groups excluding carboxylic acids is 1. The van der Waals surface area contributed by atoms with Crippen molar-refractivity contribution in [1.29, 1.82) is 0 Å². The Balaban J connectivity index is 1.64. The van der Waals surface area contributed by atoms with Gasteiger partial charge in [-0.25, -0.2) is 0 Å². The van der Waals surface area contributed by atoms with Crippen molar-refractivity contribution in [3.8, 4) is 0 Å². The molecule has 22 heavy (non-hydrogen) atoms. The zero-order chi connectivity index (χ0) is 15.8. The first-order chi connectivity index (χ1) is 10.6. The Hall–Kier alpha value is -1.35. The molecule has 0 N–H and O–H groups in total. The van der Waals surface area contributed by atoms with Gasteiger partial charge in [-0.1, -0.05) is 44.2 Å². The van der Waals surface area contributed by atoms with Crippen molar-refractivity contribution >= 4 is 5.97 Å². The van der Waals surface area contributed by atoms with Gasteiger partial charge in [0.25, 0.3) is 0 Å². The van der Waals surface area contributed by atoms with E-state index in [-0.39, 0.29) is 11.9 Å². The first-order valence-corrected chi connectivity index (χ1v) is 8.47. The maximum Gasteiger partial charge on any atom is 0.309 e. The molecule has 3 nitrogen and oxygen atoms in total. The van der Waals surface area contributed by atoms with Gasteiger partial charge in [-0.3, -0.25) is 4.79 Å². The van der Waals surface area contributed by atoms with Crippen LogP contribution in [-0.2, 0) is 20.9 Å². The molecule has 0 aliphatic heterocycles. The lowest BCUT2D eigenvalue weighted by molar-refractivity contribution is -0.152. The summed E-state index contributed by atoms with van der Waals surface area (Å²) in [5, 5.41) is 0. The van der Waals surface area contributed by atoms with Crippen molar-refractivity contribution in [2.45, 2.75) is 58.7 Å². The summed E-state index contributed by atoms with van der Waals surface area (Å²) < 4.78 is 11.3. The van der Waals surface area contributed by atoms with E-state index < -0.39 is 0 Å². The zero-order valence-electron chi connectivity index (χ0n) is 13.8. The highest BCUT2D eigenvalue weighted by atomic mass is 16.5. The first-order valence-electron chi connectivity index (χ1n) is 8.47. The van der Waals surface area contributed by atoms with Gasteiger partial charge in [0.05, 0.1) is 12.0 Å². The summed E-state index contributed by atoms with van der Waals surface area (Å²) in [7, 11) is 0. The van der Waals surface area contributed by atoms with Gasteiger partial charge < -0.3 is 9.47 Å². The molecule has 0 amide bonds. The molecule has 1 aliphatic rings. The highest BCUT2D eigenvalue weighted by Crippen LogP contribution is 2.27. The molecule has 1 aromatic carbocycles. The summed E-state index contributed by atoms with van der Waals surface area (Å²) in [4.78, 5) is 12.1. The molecule has 0 aromatic heterocycles. The van der Waals surface area contributed by atoms with Crippen molar-refractivity contribution in [3.05, 3.63) is 35.9 Å². The topological polar surface area (TPSA) is 35.5 Å². The summed E-state index contributed by atoms with van der Waals surface area (Å²) in [6.45, 7) is 5.64.